The zero-order chi connectivity index (χ0) is 11.1. The molecule has 3 fully saturated rings. The van der Waals surface area contributed by atoms with Gasteiger partial charge in [-0.05, 0) is 0 Å². The van der Waals surface area contributed by atoms with Gasteiger partial charge in [0, 0.05) is 19.6 Å². The molecule has 0 radical (unpaired) electrons. The number of epoxide rings is 3. The zero-order valence-corrected chi connectivity index (χ0v) is 12.6. The number of ether oxygens (including phenoxy) is 3. The van der Waals surface area contributed by atoms with Crippen LogP contribution in [0, 0.1) is 0 Å². The molecule has 0 amide bonds. The maximum Gasteiger partial charge on any atom is 0.0931 e. The lowest BCUT2D eigenvalue weighted by atomic mass is 10.5. The number of rotatable bonds is 3. The van der Waals surface area contributed by atoms with Gasteiger partial charge in [0.1, 0.15) is 0 Å². The Balaban J connectivity index is -0.000000173. The summed E-state index contributed by atoms with van der Waals surface area (Å²) >= 11 is 0. The fourth-order valence-corrected chi connectivity index (χ4v) is 0.612. The Bertz CT molecular complexity index is 142. The Labute approximate surface area is 126 Å². The molecule has 0 saturated carbocycles. The molecule has 3 aliphatic rings. The van der Waals surface area contributed by atoms with Crippen molar-refractivity contribution >= 4 is 37.2 Å². The highest BCUT2D eigenvalue weighted by Gasteiger charge is 2.19. The molecule has 0 aromatic carbocycles. The van der Waals surface area contributed by atoms with E-state index in [4.69, 9.17) is 31.4 Å². The molecule has 0 bridgehead atoms. The molecule has 18 heavy (non-hydrogen) atoms. The second-order valence-corrected chi connectivity index (χ2v) is 3.57. The smallest absolute Gasteiger partial charge is 0.0931 e. The summed E-state index contributed by atoms with van der Waals surface area (Å²) in [5, 5.41) is 0. The van der Waals surface area contributed by atoms with Crippen LogP contribution in [0.5, 0.6) is 0 Å². The first-order valence-corrected chi connectivity index (χ1v) is 5.25. The first-order chi connectivity index (χ1) is 7.30. The lowest BCUT2D eigenvalue weighted by Crippen LogP contribution is -2.05. The maximum absolute atomic E-state index is 5.11. The maximum atomic E-state index is 5.11. The van der Waals surface area contributed by atoms with E-state index in [1.54, 1.807) is 0 Å². The van der Waals surface area contributed by atoms with Gasteiger partial charge in [0.25, 0.3) is 0 Å². The second kappa shape index (κ2) is 14.0. The van der Waals surface area contributed by atoms with E-state index < -0.39 is 0 Å². The summed E-state index contributed by atoms with van der Waals surface area (Å²) in [6, 6.07) is 0. The van der Waals surface area contributed by atoms with Gasteiger partial charge in [-0.3, -0.25) is 0 Å². The van der Waals surface area contributed by atoms with Gasteiger partial charge in [-0.1, -0.05) is 0 Å². The van der Waals surface area contributed by atoms with E-state index in [1.807, 2.05) is 0 Å². The summed E-state index contributed by atoms with van der Waals surface area (Å²) in [6.07, 6.45) is 1.24. The quantitative estimate of drug-likeness (QED) is 0.590. The molecule has 0 spiro atoms. The van der Waals surface area contributed by atoms with Gasteiger partial charge in [-0.2, -0.15) is 0 Å². The van der Waals surface area contributed by atoms with Crippen LogP contribution >= 0.6 is 37.2 Å². The Morgan fingerprint density at radius 2 is 0.778 bits per heavy atom. The van der Waals surface area contributed by atoms with Crippen molar-refractivity contribution in [1.82, 2.24) is 0 Å². The lowest BCUT2D eigenvalue weighted by molar-refractivity contribution is 0.412. The van der Waals surface area contributed by atoms with Gasteiger partial charge >= 0.3 is 0 Å². The molecule has 9 heteroatoms. The van der Waals surface area contributed by atoms with Crippen LogP contribution in [0.3, 0.4) is 0 Å². The van der Waals surface area contributed by atoms with Crippen molar-refractivity contribution < 1.29 is 14.2 Å². The average Bonchev–Trinajstić information content (AvgIpc) is 3.20. The second-order valence-electron chi connectivity index (χ2n) is 3.57. The minimum atomic E-state index is 0. The third-order valence-electron chi connectivity index (χ3n) is 2.00. The average molecular weight is 329 g/mol. The number of hydrogen-bond acceptors (Lipinski definition) is 6. The van der Waals surface area contributed by atoms with Gasteiger partial charge < -0.3 is 31.4 Å². The number of halogens is 3. The van der Waals surface area contributed by atoms with Crippen LogP contribution in [0.15, 0.2) is 0 Å². The summed E-state index contributed by atoms with van der Waals surface area (Å²) in [7, 11) is 0. The van der Waals surface area contributed by atoms with Crippen molar-refractivity contribution in [2.24, 2.45) is 17.2 Å². The molecular formula is C9H24Cl3N3O3. The zero-order valence-electron chi connectivity index (χ0n) is 10.2. The lowest BCUT2D eigenvalue weighted by Gasteiger charge is -1.71. The van der Waals surface area contributed by atoms with Crippen LogP contribution in [-0.2, 0) is 14.2 Å². The largest absolute Gasteiger partial charge is 0.372 e. The Kier molecular flexibility index (Phi) is 18.5. The molecule has 3 atom stereocenters. The predicted molar refractivity (Wildman–Crippen MR) is 78.1 cm³/mol. The van der Waals surface area contributed by atoms with E-state index in [9.17, 15) is 0 Å². The van der Waals surface area contributed by atoms with Crippen LogP contribution in [0.4, 0.5) is 0 Å². The minimum Gasteiger partial charge on any atom is -0.372 e. The van der Waals surface area contributed by atoms with Gasteiger partial charge in [-0.15, -0.1) is 37.2 Å². The molecule has 6 N–H and O–H groups in total. The summed E-state index contributed by atoms with van der Waals surface area (Å²) in [5.74, 6) is 0. The van der Waals surface area contributed by atoms with Crippen LogP contribution < -0.4 is 17.2 Å². The number of nitrogens with two attached hydrogens (primary N) is 3. The van der Waals surface area contributed by atoms with Crippen molar-refractivity contribution in [3.05, 3.63) is 0 Å². The predicted octanol–water partition coefficient (Wildman–Crippen LogP) is -0.703. The summed E-state index contributed by atoms with van der Waals surface area (Å²) in [4.78, 5) is 0. The van der Waals surface area contributed by atoms with E-state index in [1.165, 1.54) is 0 Å². The van der Waals surface area contributed by atoms with Crippen LogP contribution in [0.1, 0.15) is 0 Å². The Hall–Kier alpha value is 0.630. The van der Waals surface area contributed by atoms with Crippen molar-refractivity contribution in [2.75, 3.05) is 39.5 Å². The van der Waals surface area contributed by atoms with Crippen LogP contribution in [0.25, 0.3) is 0 Å². The molecule has 3 heterocycles. The Morgan fingerprint density at radius 1 is 0.611 bits per heavy atom. The molecule has 6 nitrogen and oxygen atoms in total. The van der Waals surface area contributed by atoms with Gasteiger partial charge in [0.15, 0.2) is 0 Å². The summed E-state index contributed by atoms with van der Waals surface area (Å²) < 4.78 is 14.2. The van der Waals surface area contributed by atoms with Crippen molar-refractivity contribution in [1.29, 1.82) is 0 Å². The molecular weight excluding hydrogens is 304 g/mol. The first kappa shape index (κ1) is 23.7. The number of hydrogen-bond donors (Lipinski definition) is 3. The summed E-state index contributed by atoms with van der Waals surface area (Å²) in [5.41, 5.74) is 15.3. The highest BCUT2D eigenvalue weighted by molar-refractivity contribution is 5.86. The first-order valence-electron chi connectivity index (χ1n) is 5.25. The standard InChI is InChI=1S/3C3H7NO.3ClH/c3*4-1-3-2-5-3;;;/h3*3H,1-2,4H2;3*1H. The molecule has 0 aromatic heterocycles. The summed E-state index contributed by atoms with van der Waals surface area (Å²) in [6.45, 7) is 4.74. The van der Waals surface area contributed by atoms with E-state index in [2.05, 4.69) is 0 Å². The van der Waals surface area contributed by atoms with E-state index in [0.717, 1.165) is 19.8 Å². The van der Waals surface area contributed by atoms with Gasteiger partial charge in [0.2, 0.25) is 0 Å². The monoisotopic (exact) mass is 327 g/mol. The topological polar surface area (TPSA) is 116 Å². The Morgan fingerprint density at radius 3 is 0.778 bits per heavy atom. The van der Waals surface area contributed by atoms with Crippen molar-refractivity contribution in [2.45, 2.75) is 18.3 Å². The fraction of sp³-hybridized carbons (Fsp3) is 1.00. The third kappa shape index (κ3) is 16.6. The van der Waals surface area contributed by atoms with E-state index in [-0.39, 0.29) is 37.2 Å². The van der Waals surface area contributed by atoms with Crippen LogP contribution in [-0.4, -0.2) is 57.8 Å². The van der Waals surface area contributed by atoms with Crippen LogP contribution in [0.2, 0.25) is 0 Å². The molecule has 3 rings (SSSR count). The fourth-order valence-electron chi connectivity index (χ4n) is 0.612. The van der Waals surface area contributed by atoms with Gasteiger partial charge in [0.05, 0.1) is 38.1 Å². The highest BCUT2D eigenvalue weighted by atomic mass is 35.5. The highest BCUT2D eigenvalue weighted by Crippen LogP contribution is 2.04. The molecule has 3 unspecified atom stereocenters. The minimum absolute atomic E-state index is 0. The molecule has 0 aromatic rings. The molecule has 3 aliphatic heterocycles. The van der Waals surface area contributed by atoms with E-state index >= 15 is 0 Å². The molecule has 114 valence electrons. The van der Waals surface area contributed by atoms with Crippen molar-refractivity contribution in [3.8, 4) is 0 Å². The SMILES string of the molecule is Cl.Cl.Cl.NCC1CO1.NCC1CO1.NCC1CO1. The van der Waals surface area contributed by atoms with Crippen molar-refractivity contribution in [3.63, 3.8) is 0 Å². The van der Waals surface area contributed by atoms with E-state index in [0.29, 0.717) is 37.9 Å². The normalized spacial score (nSPS) is 28.5. The van der Waals surface area contributed by atoms with Gasteiger partial charge in [-0.25, -0.2) is 0 Å². The molecule has 0 aliphatic carbocycles. The third-order valence-corrected chi connectivity index (χ3v) is 2.00. The molecule has 3 saturated heterocycles.